The molecule has 1 aliphatic rings. The van der Waals surface area contributed by atoms with Crippen LogP contribution in [0, 0.1) is 12.3 Å². The van der Waals surface area contributed by atoms with Gasteiger partial charge in [0.2, 0.25) is 11.8 Å². The largest absolute Gasteiger partial charge is 0.355 e. The Morgan fingerprint density at radius 1 is 1.50 bits per heavy atom. The van der Waals surface area contributed by atoms with Crippen molar-refractivity contribution in [2.75, 3.05) is 6.54 Å². The third kappa shape index (κ3) is 2.97. The zero-order chi connectivity index (χ0) is 15.7. The number of piperidine rings is 1. The van der Waals surface area contributed by atoms with Crippen molar-refractivity contribution < 1.29 is 9.59 Å². The van der Waals surface area contributed by atoms with E-state index >= 15 is 0 Å². The highest BCUT2D eigenvalue weighted by Gasteiger charge is 2.36. The highest BCUT2D eigenvalue weighted by molar-refractivity contribution is 7.18. The van der Waals surface area contributed by atoms with Gasteiger partial charge in [-0.3, -0.25) is 9.59 Å². The molecular weight excluding hydrogens is 298 g/mol. The number of hydrogen-bond acceptors (Lipinski definition) is 4. The number of hydrogen-bond donors (Lipinski definition) is 2. The van der Waals surface area contributed by atoms with Gasteiger partial charge in [0.25, 0.3) is 0 Å². The summed E-state index contributed by atoms with van der Waals surface area (Å²) in [6.07, 6.45) is 0.994. The highest BCUT2D eigenvalue weighted by Crippen LogP contribution is 2.27. The Bertz CT molecular complexity index is 728. The van der Waals surface area contributed by atoms with Crippen LogP contribution in [0.4, 0.5) is 0 Å². The van der Waals surface area contributed by atoms with Crippen LogP contribution < -0.4 is 10.6 Å². The quantitative estimate of drug-likeness (QED) is 0.911. The van der Waals surface area contributed by atoms with Gasteiger partial charge in [0.05, 0.1) is 22.2 Å². The number of benzene rings is 1. The average Bonchev–Trinajstić information content (AvgIpc) is 2.90. The number of fused-ring (bicyclic) bond motifs is 1. The molecule has 2 N–H and O–H groups in total. The van der Waals surface area contributed by atoms with Crippen LogP contribution in [0.25, 0.3) is 10.2 Å². The number of amides is 2. The summed E-state index contributed by atoms with van der Waals surface area (Å²) in [5, 5.41) is 6.62. The Labute approximate surface area is 133 Å². The van der Waals surface area contributed by atoms with Crippen LogP contribution in [0.15, 0.2) is 18.2 Å². The molecule has 116 valence electrons. The SMILES string of the molecule is Cc1ccc2sc(CNC(=O)C3(C)CCC(=O)NC3)nc2c1. The van der Waals surface area contributed by atoms with Gasteiger partial charge in [-0.2, -0.15) is 0 Å². The lowest BCUT2D eigenvalue weighted by Gasteiger charge is -2.32. The smallest absolute Gasteiger partial charge is 0.228 e. The molecule has 1 fully saturated rings. The maximum atomic E-state index is 12.4. The first-order valence-electron chi connectivity index (χ1n) is 7.37. The summed E-state index contributed by atoms with van der Waals surface area (Å²) < 4.78 is 1.13. The number of carbonyl (C=O) groups excluding carboxylic acids is 2. The molecule has 2 heterocycles. The third-order valence-electron chi connectivity index (χ3n) is 4.12. The zero-order valence-corrected chi connectivity index (χ0v) is 13.5. The summed E-state index contributed by atoms with van der Waals surface area (Å²) in [6, 6.07) is 6.18. The van der Waals surface area contributed by atoms with Gasteiger partial charge in [0.1, 0.15) is 5.01 Å². The van der Waals surface area contributed by atoms with E-state index in [1.54, 1.807) is 11.3 Å². The molecule has 22 heavy (non-hydrogen) atoms. The number of carbonyl (C=O) groups is 2. The molecule has 6 heteroatoms. The van der Waals surface area contributed by atoms with Crippen LogP contribution in [0.1, 0.15) is 30.3 Å². The van der Waals surface area contributed by atoms with Crippen molar-refractivity contribution in [1.29, 1.82) is 0 Å². The Hall–Kier alpha value is -1.95. The van der Waals surface area contributed by atoms with E-state index in [1.165, 1.54) is 5.56 Å². The van der Waals surface area contributed by atoms with Gasteiger partial charge in [-0.1, -0.05) is 6.07 Å². The molecule has 0 spiro atoms. The first-order valence-corrected chi connectivity index (χ1v) is 8.19. The minimum Gasteiger partial charge on any atom is -0.355 e. The molecule has 1 aromatic heterocycles. The van der Waals surface area contributed by atoms with Crippen LogP contribution in [-0.2, 0) is 16.1 Å². The fourth-order valence-corrected chi connectivity index (χ4v) is 3.47. The first kappa shape index (κ1) is 15.0. The van der Waals surface area contributed by atoms with Crippen LogP contribution in [-0.4, -0.2) is 23.3 Å². The summed E-state index contributed by atoms with van der Waals surface area (Å²) in [5.74, 6) is -0.00486. The van der Waals surface area contributed by atoms with Gasteiger partial charge in [-0.05, 0) is 38.0 Å². The molecule has 1 saturated heterocycles. The summed E-state index contributed by atoms with van der Waals surface area (Å²) >= 11 is 1.60. The molecule has 3 rings (SSSR count). The maximum absolute atomic E-state index is 12.4. The van der Waals surface area contributed by atoms with Crippen LogP contribution in [0.3, 0.4) is 0 Å². The van der Waals surface area contributed by atoms with E-state index in [2.05, 4.69) is 33.8 Å². The summed E-state index contributed by atoms with van der Waals surface area (Å²) in [7, 11) is 0. The zero-order valence-electron chi connectivity index (χ0n) is 12.7. The van der Waals surface area contributed by atoms with Crippen molar-refractivity contribution in [3.63, 3.8) is 0 Å². The van der Waals surface area contributed by atoms with Gasteiger partial charge in [0.15, 0.2) is 0 Å². The van der Waals surface area contributed by atoms with Crippen LogP contribution in [0.2, 0.25) is 0 Å². The lowest BCUT2D eigenvalue weighted by atomic mass is 9.81. The number of nitrogens with one attached hydrogen (secondary N) is 2. The topological polar surface area (TPSA) is 71.1 Å². The second-order valence-corrected chi connectivity index (χ2v) is 7.21. The molecule has 0 aliphatic carbocycles. The molecular formula is C16H19N3O2S. The van der Waals surface area contributed by atoms with E-state index in [-0.39, 0.29) is 11.8 Å². The van der Waals surface area contributed by atoms with E-state index < -0.39 is 5.41 Å². The van der Waals surface area contributed by atoms with E-state index in [9.17, 15) is 9.59 Å². The Balaban J connectivity index is 1.65. The number of aryl methyl sites for hydroxylation is 1. The lowest BCUT2D eigenvalue weighted by Crippen LogP contribution is -2.50. The van der Waals surface area contributed by atoms with Gasteiger partial charge in [-0.15, -0.1) is 11.3 Å². The Morgan fingerprint density at radius 2 is 2.32 bits per heavy atom. The minimum absolute atomic E-state index is 0.0202. The third-order valence-corrected chi connectivity index (χ3v) is 5.15. The van der Waals surface area contributed by atoms with Crippen molar-refractivity contribution >= 4 is 33.4 Å². The van der Waals surface area contributed by atoms with E-state index in [1.807, 2.05) is 13.8 Å². The fraction of sp³-hybridized carbons (Fsp3) is 0.438. The summed E-state index contributed by atoms with van der Waals surface area (Å²) in [5.41, 5.74) is 1.63. The minimum atomic E-state index is -0.527. The van der Waals surface area contributed by atoms with Gasteiger partial charge in [-0.25, -0.2) is 4.98 Å². The molecule has 0 saturated carbocycles. The molecule has 1 unspecified atom stereocenters. The van der Waals surface area contributed by atoms with E-state index in [0.717, 1.165) is 15.2 Å². The predicted octanol–water partition coefficient (Wildman–Crippen LogP) is 2.14. The molecule has 2 aromatic rings. The van der Waals surface area contributed by atoms with Crippen molar-refractivity contribution in [3.05, 3.63) is 28.8 Å². The Morgan fingerprint density at radius 3 is 3.05 bits per heavy atom. The van der Waals surface area contributed by atoms with E-state index in [0.29, 0.717) is 25.9 Å². The van der Waals surface area contributed by atoms with Gasteiger partial charge >= 0.3 is 0 Å². The Kier molecular flexibility index (Phi) is 3.87. The van der Waals surface area contributed by atoms with E-state index in [4.69, 9.17) is 0 Å². The van der Waals surface area contributed by atoms with Gasteiger partial charge < -0.3 is 10.6 Å². The average molecular weight is 317 g/mol. The number of aromatic nitrogens is 1. The molecule has 1 atom stereocenters. The standard InChI is InChI=1S/C16H19N3O2S/c1-10-3-4-12-11(7-10)19-14(22-12)8-17-15(21)16(2)6-5-13(20)18-9-16/h3-4,7H,5-6,8-9H2,1-2H3,(H,17,21)(H,18,20). The van der Waals surface area contributed by atoms with Crippen molar-refractivity contribution in [1.82, 2.24) is 15.6 Å². The molecule has 1 aliphatic heterocycles. The van der Waals surface area contributed by atoms with Crippen molar-refractivity contribution in [3.8, 4) is 0 Å². The molecule has 0 radical (unpaired) electrons. The summed E-state index contributed by atoms with van der Waals surface area (Å²) in [4.78, 5) is 28.2. The maximum Gasteiger partial charge on any atom is 0.228 e. The molecule has 5 nitrogen and oxygen atoms in total. The monoisotopic (exact) mass is 317 g/mol. The van der Waals surface area contributed by atoms with Gasteiger partial charge in [0, 0.05) is 13.0 Å². The fourth-order valence-electron chi connectivity index (χ4n) is 2.58. The lowest BCUT2D eigenvalue weighted by molar-refractivity contribution is -0.134. The number of nitrogens with zero attached hydrogens (tertiary/aromatic N) is 1. The second-order valence-electron chi connectivity index (χ2n) is 6.10. The van der Waals surface area contributed by atoms with Crippen LogP contribution >= 0.6 is 11.3 Å². The van der Waals surface area contributed by atoms with Crippen molar-refractivity contribution in [2.24, 2.45) is 5.41 Å². The second kappa shape index (κ2) is 5.68. The molecule has 0 bridgehead atoms. The normalized spacial score (nSPS) is 21.6. The molecule has 2 amide bonds. The summed E-state index contributed by atoms with van der Waals surface area (Å²) in [6.45, 7) is 4.76. The predicted molar refractivity (Wildman–Crippen MR) is 86.6 cm³/mol. The number of thiazole rings is 1. The van der Waals surface area contributed by atoms with Crippen molar-refractivity contribution in [2.45, 2.75) is 33.2 Å². The highest BCUT2D eigenvalue weighted by atomic mass is 32.1. The van der Waals surface area contributed by atoms with Crippen LogP contribution in [0.5, 0.6) is 0 Å². The first-order chi connectivity index (χ1) is 10.5. The number of rotatable bonds is 3. The molecule has 1 aromatic carbocycles.